The smallest absolute Gasteiger partial charge is 0.307 e. The number of sulfonamides is 2. The average Bonchev–Trinajstić information content (AvgIpc) is 1.57. The first kappa shape index (κ1) is 86.3. The maximum Gasteiger partial charge on any atom is 0.307 e. The number of carbonyl (C=O) groups is 8. The molecule has 2 aromatic heterocycles. The van der Waals surface area contributed by atoms with E-state index in [0.29, 0.717) is 57.4 Å². The molecule has 26 nitrogen and oxygen atoms in total. The van der Waals surface area contributed by atoms with Gasteiger partial charge >= 0.3 is 11.9 Å². The lowest BCUT2D eigenvalue weighted by atomic mass is 9.84. The highest BCUT2D eigenvalue weighted by molar-refractivity contribution is 7.92. The number of fused-ring (bicyclic) bond motifs is 6. The predicted molar refractivity (Wildman–Crippen MR) is 420 cm³/mol. The summed E-state index contributed by atoms with van der Waals surface area (Å²) < 4.78 is 128. The molecule has 0 spiro atoms. The molecule has 30 heteroatoms. The minimum atomic E-state index is -4.35. The van der Waals surface area contributed by atoms with Gasteiger partial charge in [0.25, 0.3) is 0 Å². The van der Waals surface area contributed by atoms with Gasteiger partial charge in [-0.3, -0.25) is 47.8 Å². The van der Waals surface area contributed by atoms with Crippen LogP contribution in [-0.4, -0.2) is 184 Å². The van der Waals surface area contributed by atoms with Crippen molar-refractivity contribution in [2.24, 2.45) is 58.2 Å². The number of amides is 4. The van der Waals surface area contributed by atoms with Crippen LogP contribution in [0.2, 0.25) is 0 Å². The molecule has 12 rings (SSSR count). The molecule has 14 atom stereocenters. The van der Waals surface area contributed by atoms with Gasteiger partial charge < -0.3 is 47.7 Å². The van der Waals surface area contributed by atoms with E-state index in [1.165, 1.54) is 36.4 Å². The molecular weight excluding hydrogens is 1520 g/mol. The fourth-order valence-electron chi connectivity index (χ4n) is 16.7. The summed E-state index contributed by atoms with van der Waals surface area (Å²) in [4.78, 5) is 126. The molecule has 2 saturated heterocycles. The number of nitrogens with zero attached hydrogens (tertiary/aromatic N) is 4. The molecule has 624 valence electrons. The van der Waals surface area contributed by atoms with Gasteiger partial charge in [0.1, 0.15) is 69.3 Å². The number of hydrogen-bond acceptors (Lipinski definition) is 22. The Morgan fingerprint density at radius 1 is 0.526 bits per heavy atom. The quantitative estimate of drug-likeness (QED) is 0.0613. The Kier molecular flexibility index (Phi) is 25.7. The van der Waals surface area contributed by atoms with E-state index < -0.39 is 160 Å². The van der Waals surface area contributed by atoms with Crippen LogP contribution in [0.4, 0.5) is 8.78 Å². The van der Waals surface area contributed by atoms with Crippen molar-refractivity contribution in [3.8, 4) is 34.8 Å². The van der Waals surface area contributed by atoms with Gasteiger partial charge in [0, 0.05) is 47.2 Å². The van der Waals surface area contributed by atoms with Crippen molar-refractivity contribution in [3.05, 3.63) is 73.1 Å². The predicted octanol–water partition coefficient (Wildman–Crippen LogP) is 11.7. The number of hydrogen-bond donors (Lipinski definition) is 2. The van der Waals surface area contributed by atoms with Crippen LogP contribution in [0.5, 0.6) is 34.8 Å². The van der Waals surface area contributed by atoms with E-state index in [-0.39, 0.29) is 126 Å². The van der Waals surface area contributed by atoms with Crippen LogP contribution in [0.15, 0.2) is 73.1 Å². The van der Waals surface area contributed by atoms with Crippen molar-refractivity contribution in [1.29, 1.82) is 0 Å². The van der Waals surface area contributed by atoms with Gasteiger partial charge in [-0.15, -0.1) is 0 Å². The fourth-order valence-corrected chi connectivity index (χ4v) is 19.6. The summed E-state index contributed by atoms with van der Waals surface area (Å²) in [6.45, 7) is 16.3. The van der Waals surface area contributed by atoms with Gasteiger partial charge in [0.05, 0.1) is 102 Å². The fraction of sp³-hybridized carbons (Fsp3) is 0.643. The third-order valence-corrected chi connectivity index (χ3v) is 28.5. The van der Waals surface area contributed by atoms with E-state index in [9.17, 15) is 64.0 Å². The number of halogens is 2. The second kappa shape index (κ2) is 34.0. The zero-order valence-electron chi connectivity index (χ0n) is 67.9. The highest BCUT2D eigenvalue weighted by Gasteiger charge is 2.66. The summed E-state index contributed by atoms with van der Waals surface area (Å²) in [5.74, 6) is -4.54. The van der Waals surface area contributed by atoms with Crippen LogP contribution in [0.1, 0.15) is 185 Å². The number of ketones is 2. The Labute approximate surface area is 667 Å². The SMILES string of the molecule is COc1ccc2c(O[C@@H]3C[C@H]4C(=O)C[C@]5(C(=O)NS(=O)(=O)C6(CF)CC6)C[C@H]5/C=C\[C@@H](C)CCC[C@@H](C)[C@H](CC(=O)OC(C)(C)C)C(=O)N4C3)ncc(OC)c2c1.COc1ccc2c(O[C@@H]3C[C@H]4C(=O)C[C@]5(C(=O)NS(=O)(=O)C6(CF)CC6)C[C@H]5/C=C\[C@H](C)CCC[C@@H](C)[C@H](CC(=O)OC(C)(C)C)C(=O)N4C3)ncc(OC)c2c1. The summed E-state index contributed by atoms with van der Waals surface area (Å²) in [7, 11) is -2.54. The summed E-state index contributed by atoms with van der Waals surface area (Å²) >= 11 is 0. The summed E-state index contributed by atoms with van der Waals surface area (Å²) in [5.41, 5.74) is -4.37. The van der Waals surface area contributed by atoms with Crippen LogP contribution in [0.25, 0.3) is 21.5 Å². The second-order valence-corrected chi connectivity index (χ2v) is 39.3. The number of allylic oxidation sites excluding steroid dienone is 4. The molecule has 114 heavy (non-hydrogen) atoms. The molecule has 4 aromatic rings. The molecule has 4 saturated carbocycles. The van der Waals surface area contributed by atoms with Crippen LogP contribution >= 0.6 is 0 Å². The van der Waals surface area contributed by atoms with Gasteiger partial charge in [0.15, 0.2) is 11.6 Å². The number of Topliss-reactive ketones (excluding diaryl/α,β-unsaturated/α-hetero) is 2. The van der Waals surface area contributed by atoms with Crippen LogP contribution in [0.3, 0.4) is 0 Å². The zero-order chi connectivity index (χ0) is 83.0. The largest absolute Gasteiger partial charge is 0.497 e. The van der Waals surface area contributed by atoms with E-state index >= 15 is 0 Å². The molecule has 4 aliphatic heterocycles. The number of pyridine rings is 2. The Hall–Kier alpha value is -8.54. The first-order valence-electron chi connectivity index (χ1n) is 39.8. The number of methoxy groups -OCH3 is 4. The number of rotatable bonds is 20. The Balaban J connectivity index is 0.000000225. The van der Waals surface area contributed by atoms with E-state index in [2.05, 4.69) is 19.4 Å². The van der Waals surface area contributed by atoms with Crippen molar-refractivity contribution < 1.29 is 102 Å². The minimum Gasteiger partial charge on any atom is -0.497 e. The maximum absolute atomic E-state index is 14.9. The molecule has 8 aliphatic rings. The lowest BCUT2D eigenvalue weighted by Crippen LogP contribution is -2.48. The van der Waals surface area contributed by atoms with Crippen molar-refractivity contribution in [1.82, 2.24) is 29.2 Å². The summed E-state index contributed by atoms with van der Waals surface area (Å²) in [6.07, 6.45) is 13.6. The maximum atomic E-state index is 14.9. The number of ether oxygens (including phenoxy) is 8. The third-order valence-electron chi connectivity index (χ3n) is 24.3. The number of carbonyl (C=O) groups excluding carboxylic acids is 8. The average molecular weight is 1630 g/mol. The molecule has 2 N–H and O–H groups in total. The molecule has 4 amide bonds. The van der Waals surface area contributed by atoms with Gasteiger partial charge in [-0.25, -0.2) is 35.6 Å². The first-order chi connectivity index (χ1) is 53.7. The number of esters is 2. The second-order valence-electron chi connectivity index (χ2n) is 35.1. The highest BCUT2D eigenvalue weighted by atomic mass is 32.2. The number of aromatic nitrogens is 2. The Bertz CT molecular complexity index is 4340. The van der Waals surface area contributed by atoms with Gasteiger partial charge in [0.2, 0.25) is 55.4 Å². The minimum absolute atomic E-state index is 0.00883. The summed E-state index contributed by atoms with van der Waals surface area (Å²) in [5, 5.41) is 2.60. The molecule has 0 unspecified atom stereocenters. The van der Waals surface area contributed by atoms with Crippen LogP contribution < -0.4 is 37.9 Å². The van der Waals surface area contributed by atoms with Gasteiger partial charge in [-0.2, -0.15) is 0 Å². The van der Waals surface area contributed by atoms with Crippen molar-refractivity contribution in [2.75, 3.05) is 54.9 Å². The Morgan fingerprint density at radius 3 is 1.22 bits per heavy atom. The lowest BCUT2D eigenvalue weighted by molar-refractivity contribution is -0.160. The molecule has 0 bridgehead atoms. The molecular formula is C84H112F2N6O20S2. The number of alkyl halides is 2. The van der Waals surface area contributed by atoms with Gasteiger partial charge in [-0.05, 0) is 178 Å². The summed E-state index contributed by atoms with van der Waals surface area (Å²) in [6, 6.07) is 8.56. The lowest BCUT2D eigenvalue weighted by Gasteiger charge is -2.32. The van der Waals surface area contributed by atoms with Crippen LogP contribution in [-0.2, 0) is 67.9 Å². The number of nitrogens with one attached hydrogen (secondary N) is 2. The molecule has 0 radical (unpaired) electrons. The standard InChI is InChI=1S/2C42H56FN3O10S/c2*1-25-9-8-10-26(2)31(19-36(48)56-40(3,4)5)38(49)46-23-29(55-37-30-14-13-28(53-6)17-32(30)35(54-7)22-44-37)18-33(46)34(47)21-42(20-27(42)12-11-25)39(50)45-57(51,52)41(24-43)15-16-41/h2*11-14,17,22,25-27,29,31,33H,8-10,15-16,18-21,23-24H2,1-7H3,(H,45,50)/b2*12-11-/t25-,26+,27+,29+,31-,33-,42+;25-,26-,27-,29-,31+,33+,42-/m01/s1. The normalized spacial score (nSPS) is 29.6. The van der Waals surface area contributed by atoms with E-state index in [1.54, 1.807) is 92.2 Å². The molecule has 2 aromatic carbocycles. The number of benzene rings is 2. The third kappa shape index (κ3) is 18.9. The topological polar surface area (TPSA) is 335 Å². The van der Waals surface area contributed by atoms with Crippen LogP contribution in [0, 0.1) is 58.2 Å². The monoisotopic (exact) mass is 1630 g/mol. The molecule has 6 fully saturated rings. The van der Waals surface area contributed by atoms with Crippen molar-refractivity contribution >= 4 is 88.7 Å². The Morgan fingerprint density at radius 2 is 0.895 bits per heavy atom. The first-order valence-corrected chi connectivity index (χ1v) is 42.7. The molecule has 4 aliphatic carbocycles. The van der Waals surface area contributed by atoms with E-state index in [0.717, 1.165) is 25.7 Å². The van der Waals surface area contributed by atoms with E-state index in [4.69, 9.17) is 37.9 Å². The zero-order valence-corrected chi connectivity index (χ0v) is 69.6. The van der Waals surface area contributed by atoms with Gasteiger partial charge in [-0.1, -0.05) is 64.8 Å². The van der Waals surface area contributed by atoms with Crippen molar-refractivity contribution in [2.45, 2.75) is 230 Å². The molecule has 6 heterocycles. The van der Waals surface area contributed by atoms with Crippen molar-refractivity contribution in [3.63, 3.8) is 0 Å². The van der Waals surface area contributed by atoms with E-state index in [1.807, 2.05) is 52.0 Å². The highest BCUT2D eigenvalue weighted by Crippen LogP contribution is 2.60.